The van der Waals surface area contributed by atoms with Crippen LogP contribution in [0.3, 0.4) is 0 Å². The predicted molar refractivity (Wildman–Crippen MR) is 39.9 cm³/mol. The Balaban J connectivity index is 2.17. The molecule has 3 heteroatoms. The lowest BCUT2D eigenvalue weighted by Gasteiger charge is -2.25. The first-order valence-corrected chi connectivity index (χ1v) is 4.14. The van der Waals surface area contributed by atoms with Crippen molar-refractivity contribution in [2.75, 3.05) is 0 Å². The molecule has 2 aliphatic rings. The number of hydrogen-bond acceptors (Lipinski definition) is 2. The van der Waals surface area contributed by atoms with Crippen LogP contribution < -0.4 is 5.32 Å². The third-order valence-electron chi connectivity index (χ3n) is 2.86. The van der Waals surface area contributed by atoms with E-state index in [2.05, 4.69) is 5.32 Å². The minimum absolute atomic E-state index is 0.00750. The molecular formula is C8H13NO2. The standard InChI is InChI=1S/C8H13NO2/c1-5-8(11,6-2-3-6)4-7(10)9-5/h5-6,11H,2-4H2,1H3,(H,9,10). The van der Waals surface area contributed by atoms with Crippen LogP contribution in [-0.4, -0.2) is 22.7 Å². The van der Waals surface area contributed by atoms with Crippen molar-refractivity contribution < 1.29 is 9.90 Å². The Labute approximate surface area is 65.8 Å². The highest BCUT2D eigenvalue weighted by Crippen LogP contribution is 2.45. The summed E-state index contributed by atoms with van der Waals surface area (Å²) in [5, 5.41) is 12.7. The van der Waals surface area contributed by atoms with Gasteiger partial charge < -0.3 is 10.4 Å². The number of carbonyl (C=O) groups excluding carboxylic acids is 1. The zero-order valence-corrected chi connectivity index (χ0v) is 6.63. The Morgan fingerprint density at radius 3 is 2.64 bits per heavy atom. The number of carbonyl (C=O) groups is 1. The smallest absolute Gasteiger partial charge is 0.223 e. The summed E-state index contributed by atoms with van der Waals surface area (Å²) in [6, 6.07) is -0.0532. The lowest BCUT2D eigenvalue weighted by Crippen LogP contribution is -2.42. The second-order valence-corrected chi connectivity index (χ2v) is 3.73. The van der Waals surface area contributed by atoms with Crippen LogP contribution in [0.2, 0.25) is 0 Å². The molecule has 1 heterocycles. The Bertz CT molecular complexity index is 200. The molecule has 0 aromatic carbocycles. The molecule has 0 aromatic rings. The number of aliphatic hydroxyl groups is 1. The van der Waals surface area contributed by atoms with Crippen molar-refractivity contribution in [2.45, 2.75) is 37.8 Å². The van der Waals surface area contributed by atoms with E-state index in [0.29, 0.717) is 12.3 Å². The molecule has 2 atom stereocenters. The highest BCUT2D eigenvalue weighted by Gasteiger charge is 2.52. The summed E-state index contributed by atoms with van der Waals surface area (Å²) in [4.78, 5) is 10.9. The zero-order valence-electron chi connectivity index (χ0n) is 6.63. The normalized spacial score (nSPS) is 44.2. The number of rotatable bonds is 1. The molecule has 0 bridgehead atoms. The van der Waals surface area contributed by atoms with Crippen molar-refractivity contribution in [2.24, 2.45) is 5.92 Å². The molecule has 11 heavy (non-hydrogen) atoms. The molecule has 62 valence electrons. The summed E-state index contributed by atoms with van der Waals surface area (Å²) >= 11 is 0. The van der Waals surface area contributed by atoms with Gasteiger partial charge in [0.25, 0.3) is 0 Å². The molecule has 2 rings (SSSR count). The minimum atomic E-state index is -0.725. The van der Waals surface area contributed by atoms with E-state index in [1.54, 1.807) is 0 Å². The minimum Gasteiger partial charge on any atom is -0.387 e. The van der Waals surface area contributed by atoms with E-state index in [-0.39, 0.29) is 11.9 Å². The van der Waals surface area contributed by atoms with Crippen molar-refractivity contribution in [1.82, 2.24) is 5.32 Å². The first-order valence-electron chi connectivity index (χ1n) is 4.14. The first kappa shape index (κ1) is 7.10. The zero-order chi connectivity index (χ0) is 8.06. The largest absolute Gasteiger partial charge is 0.387 e. The summed E-state index contributed by atoms with van der Waals surface area (Å²) in [7, 11) is 0. The maximum atomic E-state index is 10.9. The number of amides is 1. The Hall–Kier alpha value is -0.570. The molecule has 1 aliphatic carbocycles. The molecular weight excluding hydrogens is 142 g/mol. The molecule has 0 spiro atoms. The number of nitrogens with one attached hydrogen (secondary N) is 1. The highest BCUT2D eigenvalue weighted by molar-refractivity contribution is 5.80. The van der Waals surface area contributed by atoms with Crippen LogP contribution in [-0.2, 0) is 4.79 Å². The Morgan fingerprint density at radius 2 is 2.27 bits per heavy atom. The molecule has 3 nitrogen and oxygen atoms in total. The van der Waals surface area contributed by atoms with E-state index in [0.717, 1.165) is 12.8 Å². The quantitative estimate of drug-likeness (QED) is 0.561. The van der Waals surface area contributed by atoms with Crippen LogP contribution >= 0.6 is 0 Å². The van der Waals surface area contributed by atoms with Crippen molar-refractivity contribution in [3.63, 3.8) is 0 Å². The fraction of sp³-hybridized carbons (Fsp3) is 0.875. The average Bonchev–Trinajstić information content (AvgIpc) is 2.63. The Morgan fingerprint density at radius 1 is 1.64 bits per heavy atom. The summed E-state index contributed by atoms with van der Waals surface area (Å²) < 4.78 is 0. The van der Waals surface area contributed by atoms with E-state index in [1.807, 2.05) is 6.92 Å². The highest BCUT2D eigenvalue weighted by atomic mass is 16.3. The van der Waals surface area contributed by atoms with Crippen molar-refractivity contribution in [1.29, 1.82) is 0 Å². The van der Waals surface area contributed by atoms with E-state index < -0.39 is 5.60 Å². The van der Waals surface area contributed by atoms with E-state index in [4.69, 9.17) is 0 Å². The second kappa shape index (κ2) is 1.97. The van der Waals surface area contributed by atoms with Crippen LogP contribution in [0.15, 0.2) is 0 Å². The molecule has 1 saturated heterocycles. The van der Waals surface area contributed by atoms with Crippen LogP contribution in [0.1, 0.15) is 26.2 Å². The van der Waals surface area contributed by atoms with Crippen molar-refractivity contribution >= 4 is 5.91 Å². The molecule has 1 saturated carbocycles. The van der Waals surface area contributed by atoms with Gasteiger partial charge in [-0.05, 0) is 25.7 Å². The van der Waals surface area contributed by atoms with Gasteiger partial charge in [-0.1, -0.05) is 0 Å². The first-order chi connectivity index (χ1) is 5.13. The molecule has 1 amide bonds. The van der Waals surface area contributed by atoms with E-state index >= 15 is 0 Å². The van der Waals surface area contributed by atoms with Gasteiger partial charge in [0.15, 0.2) is 0 Å². The van der Waals surface area contributed by atoms with Gasteiger partial charge in [-0.25, -0.2) is 0 Å². The summed E-state index contributed by atoms with van der Waals surface area (Å²) in [6.07, 6.45) is 2.46. The molecule has 0 radical (unpaired) electrons. The SMILES string of the molecule is CC1NC(=O)CC1(O)C1CC1. The van der Waals surface area contributed by atoms with Gasteiger partial charge >= 0.3 is 0 Å². The maximum absolute atomic E-state index is 10.9. The second-order valence-electron chi connectivity index (χ2n) is 3.73. The average molecular weight is 155 g/mol. The van der Waals surface area contributed by atoms with Gasteiger partial charge in [0, 0.05) is 0 Å². The topological polar surface area (TPSA) is 49.3 Å². The van der Waals surface area contributed by atoms with Gasteiger partial charge in [0.05, 0.1) is 18.1 Å². The van der Waals surface area contributed by atoms with Crippen LogP contribution in [0.5, 0.6) is 0 Å². The maximum Gasteiger partial charge on any atom is 0.223 e. The molecule has 2 N–H and O–H groups in total. The molecule has 1 aliphatic heterocycles. The van der Waals surface area contributed by atoms with Gasteiger partial charge in [0.1, 0.15) is 0 Å². The lowest BCUT2D eigenvalue weighted by atomic mass is 9.90. The summed E-state index contributed by atoms with van der Waals surface area (Å²) in [5.41, 5.74) is -0.725. The molecule has 2 fully saturated rings. The molecule has 2 unspecified atom stereocenters. The summed E-state index contributed by atoms with van der Waals surface area (Å²) in [6.45, 7) is 1.88. The number of hydrogen-bond donors (Lipinski definition) is 2. The molecule has 0 aromatic heterocycles. The fourth-order valence-electron chi connectivity index (χ4n) is 1.91. The third-order valence-corrected chi connectivity index (χ3v) is 2.86. The van der Waals surface area contributed by atoms with Gasteiger partial charge in [-0.15, -0.1) is 0 Å². The Kier molecular flexibility index (Phi) is 1.27. The van der Waals surface area contributed by atoms with Gasteiger partial charge in [-0.2, -0.15) is 0 Å². The van der Waals surface area contributed by atoms with E-state index in [1.165, 1.54) is 0 Å². The van der Waals surface area contributed by atoms with Crippen molar-refractivity contribution in [3.8, 4) is 0 Å². The lowest BCUT2D eigenvalue weighted by molar-refractivity contribution is -0.120. The summed E-state index contributed by atoms with van der Waals surface area (Å²) in [5.74, 6) is 0.364. The monoisotopic (exact) mass is 155 g/mol. The van der Waals surface area contributed by atoms with Crippen LogP contribution in [0.4, 0.5) is 0 Å². The van der Waals surface area contributed by atoms with Gasteiger partial charge in [-0.3, -0.25) is 4.79 Å². The van der Waals surface area contributed by atoms with Crippen molar-refractivity contribution in [3.05, 3.63) is 0 Å². The van der Waals surface area contributed by atoms with Crippen LogP contribution in [0, 0.1) is 5.92 Å². The van der Waals surface area contributed by atoms with Gasteiger partial charge in [0.2, 0.25) is 5.91 Å². The van der Waals surface area contributed by atoms with E-state index in [9.17, 15) is 9.90 Å². The third kappa shape index (κ3) is 0.948. The van der Waals surface area contributed by atoms with Crippen LogP contribution in [0.25, 0.3) is 0 Å². The fourth-order valence-corrected chi connectivity index (χ4v) is 1.91. The predicted octanol–water partition coefficient (Wildman–Crippen LogP) is 0.0359.